The van der Waals surface area contributed by atoms with Gasteiger partial charge in [-0.05, 0) is 42.0 Å². The molecule has 0 aliphatic heterocycles. The number of hydrogen-bond donors (Lipinski definition) is 1. The van der Waals surface area contributed by atoms with Gasteiger partial charge in [0.05, 0.1) is 11.3 Å². The van der Waals surface area contributed by atoms with Crippen molar-refractivity contribution in [1.29, 1.82) is 0 Å². The van der Waals surface area contributed by atoms with Gasteiger partial charge in [-0.2, -0.15) is 0 Å². The van der Waals surface area contributed by atoms with Gasteiger partial charge in [0.25, 0.3) is 5.91 Å². The molecule has 2 aromatic heterocycles. The standard InChI is InChI=1S/C22H18FN3OS/c23-17-7-5-6-16(12-17)13-24-22(27)19-8-1-2-9-20(19)28-15-18-14-26-11-4-3-10-21(26)25-18/h1-12,14H,13,15H2,(H,24,27). The highest BCUT2D eigenvalue weighted by Crippen LogP contribution is 2.26. The van der Waals surface area contributed by atoms with Crippen LogP contribution in [0.4, 0.5) is 4.39 Å². The number of nitrogens with one attached hydrogen (secondary N) is 1. The highest BCUT2D eigenvalue weighted by molar-refractivity contribution is 7.98. The summed E-state index contributed by atoms with van der Waals surface area (Å²) in [5.41, 5.74) is 3.18. The number of aromatic nitrogens is 2. The van der Waals surface area contributed by atoms with Crippen molar-refractivity contribution >= 4 is 23.3 Å². The topological polar surface area (TPSA) is 46.4 Å². The molecule has 2 aromatic carbocycles. The molecule has 0 aliphatic carbocycles. The fourth-order valence-electron chi connectivity index (χ4n) is 2.91. The van der Waals surface area contributed by atoms with Gasteiger partial charge in [0.2, 0.25) is 0 Å². The van der Waals surface area contributed by atoms with Gasteiger partial charge in [-0.15, -0.1) is 11.8 Å². The maximum atomic E-state index is 13.3. The van der Waals surface area contributed by atoms with E-state index in [2.05, 4.69) is 10.3 Å². The Labute approximate surface area is 166 Å². The number of carbonyl (C=O) groups excluding carboxylic acids is 1. The summed E-state index contributed by atoms with van der Waals surface area (Å²) in [6.07, 6.45) is 3.96. The summed E-state index contributed by atoms with van der Waals surface area (Å²) in [5.74, 6) is 0.174. The van der Waals surface area contributed by atoms with E-state index in [1.807, 2.05) is 53.2 Å². The maximum Gasteiger partial charge on any atom is 0.252 e. The summed E-state index contributed by atoms with van der Waals surface area (Å²) in [6, 6.07) is 19.6. The fraction of sp³-hybridized carbons (Fsp3) is 0.0909. The van der Waals surface area contributed by atoms with Crippen LogP contribution in [0, 0.1) is 5.82 Å². The van der Waals surface area contributed by atoms with Crippen molar-refractivity contribution in [2.75, 3.05) is 0 Å². The van der Waals surface area contributed by atoms with Crippen LogP contribution in [0.25, 0.3) is 5.65 Å². The molecule has 0 aliphatic rings. The first kappa shape index (κ1) is 18.3. The predicted molar refractivity (Wildman–Crippen MR) is 109 cm³/mol. The molecule has 0 saturated heterocycles. The Balaban J connectivity index is 1.44. The first-order chi connectivity index (χ1) is 13.7. The molecule has 0 fully saturated rings. The van der Waals surface area contributed by atoms with Gasteiger partial charge in [0.1, 0.15) is 11.5 Å². The second kappa shape index (κ2) is 8.27. The molecule has 0 radical (unpaired) electrons. The number of imidazole rings is 1. The molecular formula is C22H18FN3OS. The Morgan fingerprint density at radius 3 is 2.79 bits per heavy atom. The van der Waals surface area contributed by atoms with Gasteiger partial charge in [-0.3, -0.25) is 4.79 Å². The molecule has 4 nitrogen and oxygen atoms in total. The van der Waals surface area contributed by atoms with Crippen molar-refractivity contribution in [3.05, 3.63) is 102 Å². The van der Waals surface area contributed by atoms with Crippen molar-refractivity contribution < 1.29 is 9.18 Å². The largest absolute Gasteiger partial charge is 0.348 e. The minimum atomic E-state index is -0.310. The van der Waals surface area contributed by atoms with E-state index < -0.39 is 0 Å². The van der Waals surface area contributed by atoms with E-state index in [-0.39, 0.29) is 18.3 Å². The van der Waals surface area contributed by atoms with Crippen LogP contribution in [0.2, 0.25) is 0 Å². The molecule has 0 bridgehead atoms. The highest BCUT2D eigenvalue weighted by atomic mass is 32.2. The van der Waals surface area contributed by atoms with Crippen LogP contribution in [-0.2, 0) is 12.3 Å². The van der Waals surface area contributed by atoms with E-state index in [9.17, 15) is 9.18 Å². The minimum Gasteiger partial charge on any atom is -0.348 e. The summed E-state index contributed by atoms with van der Waals surface area (Å²) < 4.78 is 15.3. The Bertz CT molecular complexity index is 1090. The molecule has 2 heterocycles. The van der Waals surface area contributed by atoms with Crippen LogP contribution in [-0.4, -0.2) is 15.3 Å². The van der Waals surface area contributed by atoms with E-state index >= 15 is 0 Å². The lowest BCUT2D eigenvalue weighted by atomic mass is 10.2. The third-order valence-corrected chi connectivity index (χ3v) is 5.37. The van der Waals surface area contributed by atoms with Gasteiger partial charge in [0.15, 0.2) is 0 Å². The number of thioether (sulfide) groups is 1. The second-order valence-electron chi connectivity index (χ2n) is 6.30. The van der Waals surface area contributed by atoms with Crippen LogP contribution in [0.1, 0.15) is 21.6 Å². The number of nitrogens with zero attached hydrogens (tertiary/aromatic N) is 2. The molecule has 140 valence electrons. The zero-order chi connectivity index (χ0) is 19.3. The van der Waals surface area contributed by atoms with Crippen molar-refractivity contribution in [3.63, 3.8) is 0 Å². The molecule has 0 unspecified atom stereocenters. The SMILES string of the molecule is O=C(NCc1cccc(F)c1)c1ccccc1SCc1cn2ccccc2n1. The Morgan fingerprint density at radius 2 is 1.93 bits per heavy atom. The van der Waals surface area contributed by atoms with Gasteiger partial charge in [-0.25, -0.2) is 9.37 Å². The Kier molecular flexibility index (Phi) is 5.39. The number of halogens is 1. The minimum absolute atomic E-state index is 0.178. The van der Waals surface area contributed by atoms with Crippen LogP contribution in [0.15, 0.2) is 84.0 Å². The lowest BCUT2D eigenvalue weighted by Crippen LogP contribution is -2.23. The Morgan fingerprint density at radius 1 is 1.07 bits per heavy atom. The summed E-state index contributed by atoms with van der Waals surface area (Å²) >= 11 is 1.57. The lowest BCUT2D eigenvalue weighted by molar-refractivity contribution is 0.0948. The van der Waals surface area contributed by atoms with Gasteiger partial charge in [0, 0.05) is 29.6 Å². The number of pyridine rings is 1. The molecule has 6 heteroatoms. The molecule has 4 rings (SSSR count). The van der Waals surface area contributed by atoms with Crippen LogP contribution >= 0.6 is 11.8 Å². The highest BCUT2D eigenvalue weighted by Gasteiger charge is 2.12. The van der Waals surface area contributed by atoms with E-state index in [0.29, 0.717) is 11.3 Å². The van der Waals surface area contributed by atoms with Gasteiger partial charge >= 0.3 is 0 Å². The normalized spacial score (nSPS) is 10.9. The number of rotatable bonds is 6. The molecule has 4 aromatic rings. The first-order valence-electron chi connectivity index (χ1n) is 8.86. The van der Waals surface area contributed by atoms with E-state index in [4.69, 9.17) is 0 Å². The maximum absolute atomic E-state index is 13.3. The van der Waals surface area contributed by atoms with Crippen molar-refractivity contribution in [2.24, 2.45) is 0 Å². The predicted octanol–water partition coefficient (Wildman–Crippen LogP) is 4.70. The molecule has 28 heavy (non-hydrogen) atoms. The summed E-state index contributed by atoms with van der Waals surface area (Å²) in [6.45, 7) is 0.280. The van der Waals surface area contributed by atoms with Gasteiger partial charge in [-0.1, -0.05) is 30.3 Å². The van der Waals surface area contributed by atoms with Crippen molar-refractivity contribution in [3.8, 4) is 0 Å². The second-order valence-corrected chi connectivity index (χ2v) is 7.31. The van der Waals surface area contributed by atoms with Crippen molar-refractivity contribution in [1.82, 2.24) is 14.7 Å². The molecule has 0 spiro atoms. The lowest BCUT2D eigenvalue weighted by Gasteiger charge is -2.09. The number of carbonyl (C=O) groups is 1. The summed E-state index contributed by atoms with van der Waals surface area (Å²) in [5, 5.41) is 2.86. The van der Waals surface area contributed by atoms with E-state index in [1.165, 1.54) is 12.1 Å². The monoisotopic (exact) mass is 391 g/mol. The third-order valence-electron chi connectivity index (χ3n) is 4.26. The van der Waals surface area contributed by atoms with Crippen LogP contribution < -0.4 is 5.32 Å². The first-order valence-corrected chi connectivity index (χ1v) is 9.85. The number of fused-ring (bicyclic) bond motifs is 1. The third kappa shape index (κ3) is 4.23. The average molecular weight is 391 g/mol. The van der Waals surface area contributed by atoms with E-state index in [0.717, 1.165) is 21.8 Å². The smallest absolute Gasteiger partial charge is 0.252 e. The van der Waals surface area contributed by atoms with Crippen LogP contribution in [0.3, 0.4) is 0 Å². The van der Waals surface area contributed by atoms with Crippen LogP contribution in [0.5, 0.6) is 0 Å². The fourth-order valence-corrected chi connectivity index (χ4v) is 3.85. The molecule has 0 saturated carbocycles. The number of benzene rings is 2. The Hall–Kier alpha value is -3.12. The molecular weight excluding hydrogens is 373 g/mol. The average Bonchev–Trinajstić information content (AvgIpc) is 3.14. The number of amides is 1. The molecule has 1 amide bonds. The number of hydrogen-bond acceptors (Lipinski definition) is 3. The molecule has 1 N–H and O–H groups in total. The zero-order valence-corrected chi connectivity index (χ0v) is 15.8. The zero-order valence-electron chi connectivity index (χ0n) is 15.0. The van der Waals surface area contributed by atoms with Gasteiger partial charge < -0.3 is 9.72 Å². The summed E-state index contributed by atoms with van der Waals surface area (Å²) in [7, 11) is 0. The van der Waals surface area contributed by atoms with E-state index in [1.54, 1.807) is 30.0 Å². The molecule has 0 atom stereocenters. The summed E-state index contributed by atoms with van der Waals surface area (Å²) in [4.78, 5) is 18.1. The quantitative estimate of drug-likeness (QED) is 0.485. The van der Waals surface area contributed by atoms with Crippen molar-refractivity contribution in [2.45, 2.75) is 17.2 Å².